The number of thiocarbonyl (C=S) groups is 4. The summed E-state index contributed by atoms with van der Waals surface area (Å²) in [4.78, 5) is 0. The van der Waals surface area contributed by atoms with Crippen LogP contribution in [0.4, 0.5) is 23.3 Å². The van der Waals surface area contributed by atoms with E-state index < -0.39 is 0 Å². The smallest absolute Gasteiger partial charge is 0.183 e. The van der Waals surface area contributed by atoms with E-state index in [1.165, 1.54) is 0 Å². The van der Waals surface area contributed by atoms with Crippen molar-refractivity contribution in [2.75, 3.05) is 41.4 Å². The summed E-state index contributed by atoms with van der Waals surface area (Å²) in [7, 11) is 1.75. The van der Waals surface area contributed by atoms with Crippen molar-refractivity contribution in [1.29, 1.82) is 0 Å². The molecule has 8 rings (SSSR count). The third-order valence-electron chi connectivity index (χ3n) is 7.96. The fourth-order valence-electron chi connectivity index (χ4n) is 5.18. The van der Waals surface area contributed by atoms with Gasteiger partial charge in [-0.15, -0.1) is 0 Å². The van der Waals surface area contributed by atoms with Crippen LogP contribution in [0.3, 0.4) is 0 Å². The lowest BCUT2D eigenvalue weighted by atomic mass is 10.2. The molecule has 0 unspecified atom stereocenters. The minimum atomic E-state index is 0.290. The van der Waals surface area contributed by atoms with E-state index in [0.717, 1.165) is 63.4 Å². The Balaban J connectivity index is 0.000000154. The molecule has 0 amide bonds. The number of para-hydroxylation sites is 4. The van der Waals surface area contributed by atoms with Crippen LogP contribution >= 0.6 is 48.9 Å². The molecule has 4 heterocycles. The number of nitrogens with one attached hydrogen (secondary N) is 8. The van der Waals surface area contributed by atoms with Gasteiger partial charge in [-0.25, -0.2) is 0 Å². The summed E-state index contributed by atoms with van der Waals surface area (Å²) in [5.41, 5.74) is 2.99. The van der Waals surface area contributed by atoms with Crippen molar-refractivity contribution < 1.29 is 18.1 Å². The van der Waals surface area contributed by atoms with Crippen LogP contribution in [0.2, 0.25) is 0 Å². The Hall–Kier alpha value is -6.48. The van der Waals surface area contributed by atoms with Crippen LogP contribution in [0.1, 0.15) is 34.1 Å². The van der Waals surface area contributed by atoms with Crippen LogP contribution in [0, 0.1) is 0 Å². The second-order valence-corrected chi connectivity index (χ2v) is 14.6. The van der Waals surface area contributed by atoms with Gasteiger partial charge in [-0.2, -0.15) is 0 Å². The first-order chi connectivity index (χ1) is 29.6. The lowest BCUT2D eigenvalue weighted by Gasteiger charge is -2.10. The van der Waals surface area contributed by atoms with Crippen LogP contribution in [-0.2, 0) is 0 Å². The molecule has 0 bridgehead atoms. The predicted octanol–water partition coefficient (Wildman–Crippen LogP) is 8.92. The van der Waals surface area contributed by atoms with Gasteiger partial charge < -0.3 is 60.6 Å². The van der Waals surface area contributed by atoms with E-state index in [2.05, 4.69) is 70.1 Å². The topological polar surface area (TPSA) is 200 Å². The van der Waals surface area contributed by atoms with Gasteiger partial charge in [0.2, 0.25) is 0 Å². The molecule has 0 aliphatic rings. The minimum Gasteiger partial charge on any atom is -0.365 e. The monoisotopic (exact) mass is 898 g/mol. The Kier molecular flexibility index (Phi) is 17.5. The largest absolute Gasteiger partial charge is 0.365 e. The van der Waals surface area contributed by atoms with Crippen molar-refractivity contribution in [3.63, 3.8) is 0 Å². The normalized spacial score (nSPS) is 10.3. The van der Waals surface area contributed by atoms with Crippen LogP contribution in [-0.4, -0.2) is 67.3 Å². The Labute approximate surface area is 373 Å². The Morgan fingerprint density at radius 2 is 0.820 bits per heavy atom. The molecule has 0 radical (unpaired) electrons. The van der Waals surface area contributed by atoms with Crippen molar-refractivity contribution >= 4 is 136 Å². The van der Waals surface area contributed by atoms with E-state index >= 15 is 0 Å². The second kappa shape index (κ2) is 23.3. The number of nitrogens with zero attached hydrogens (tertiary/aromatic N) is 4. The average molecular weight is 899 g/mol. The summed E-state index contributed by atoms with van der Waals surface area (Å²) in [6.45, 7) is 9.74. The molecule has 0 atom stereocenters. The van der Waals surface area contributed by atoms with Crippen LogP contribution in [0.5, 0.6) is 0 Å². The molecule has 0 saturated carbocycles. The molecule has 8 N–H and O–H groups in total. The Morgan fingerprint density at radius 3 is 1.15 bits per heavy atom. The quantitative estimate of drug-likeness (QED) is 0.0672. The molecule has 16 nitrogen and oxygen atoms in total. The highest BCUT2D eigenvalue weighted by Crippen LogP contribution is 2.24. The third-order valence-corrected chi connectivity index (χ3v) is 8.98. The van der Waals surface area contributed by atoms with Gasteiger partial charge in [0, 0.05) is 26.2 Å². The molecular weight excluding hydrogens is 853 g/mol. The van der Waals surface area contributed by atoms with Crippen LogP contribution in [0.25, 0.3) is 43.9 Å². The number of benzene rings is 4. The number of rotatable bonds is 8. The van der Waals surface area contributed by atoms with Gasteiger partial charge in [0.15, 0.2) is 66.1 Å². The fourth-order valence-corrected chi connectivity index (χ4v) is 6.05. The summed E-state index contributed by atoms with van der Waals surface area (Å²) in [5.74, 6) is 2.59. The number of aromatic nitrogens is 4. The molecule has 8 aromatic rings. The van der Waals surface area contributed by atoms with Gasteiger partial charge in [0.25, 0.3) is 0 Å². The molecule has 61 heavy (non-hydrogen) atoms. The van der Waals surface area contributed by atoms with Gasteiger partial charge in [0.1, 0.15) is 0 Å². The van der Waals surface area contributed by atoms with Gasteiger partial charge >= 0.3 is 0 Å². The maximum absolute atomic E-state index is 5.15. The second-order valence-electron chi connectivity index (χ2n) is 12.9. The highest BCUT2D eigenvalue weighted by Gasteiger charge is 2.11. The first-order valence-electron chi connectivity index (χ1n) is 19.1. The Morgan fingerprint density at radius 1 is 0.492 bits per heavy atom. The molecule has 4 aromatic carbocycles. The van der Waals surface area contributed by atoms with E-state index in [-0.39, 0.29) is 6.04 Å². The summed E-state index contributed by atoms with van der Waals surface area (Å²) in [6, 6.07) is 30.8. The standard InChI is InChI=1S/2C11H13N3OS.C10H11N3OS.C9H9N3OS/c1-7(2)12-11(16)13-10-8-5-3-4-6-9(8)15-14-10;1-2-7-12-11(16)13-10-8-5-3-4-6-9(8)15-14-10;1-2-11-10(15)12-9-7-5-3-4-6-8(7)14-13-9;1-10-9(14)11-8-6-4-2-3-5-7(6)13-12-8/h3-7H,1-2H3,(H2,12,13,14,16);3-6H,2,7H2,1H3,(H2,12,13,14,16);3-6H,2H2,1H3,(H2,11,12,13,15);2-5H,1H3,(H2,10,11,12,14). The highest BCUT2D eigenvalue weighted by atomic mass is 32.1. The van der Waals surface area contributed by atoms with Gasteiger partial charge in [-0.1, -0.05) is 76.1 Å². The van der Waals surface area contributed by atoms with Gasteiger partial charge in [-0.05, 0) is 125 Å². The van der Waals surface area contributed by atoms with E-state index in [1.54, 1.807) is 7.05 Å². The summed E-state index contributed by atoms with van der Waals surface area (Å²) < 4.78 is 20.5. The predicted molar refractivity (Wildman–Crippen MR) is 260 cm³/mol. The highest BCUT2D eigenvalue weighted by molar-refractivity contribution is 7.81. The van der Waals surface area contributed by atoms with E-state index in [9.17, 15) is 0 Å². The van der Waals surface area contributed by atoms with E-state index in [4.69, 9.17) is 67.0 Å². The number of anilines is 4. The van der Waals surface area contributed by atoms with Crippen LogP contribution < -0.4 is 42.5 Å². The zero-order valence-electron chi connectivity index (χ0n) is 34.0. The van der Waals surface area contributed by atoms with Crippen molar-refractivity contribution in [3.8, 4) is 0 Å². The summed E-state index contributed by atoms with van der Waals surface area (Å²) >= 11 is 20.3. The molecule has 318 valence electrons. The van der Waals surface area contributed by atoms with Gasteiger partial charge in [0.05, 0.1) is 21.5 Å². The Bertz CT molecular complexity index is 2680. The SMILES string of the molecule is CC(C)NC(=S)Nc1noc2ccccc12.CCCNC(=S)Nc1noc2ccccc12.CCNC(=S)Nc1noc2ccccc12.CNC(=S)Nc1noc2ccccc12. The van der Waals surface area contributed by atoms with Crippen molar-refractivity contribution in [2.24, 2.45) is 0 Å². The van der Waals surface area contributed by atoms with E-state index in [1.807, 2.05) is 118 Å². The molecule has 0 aliphatic heterocycles. The maximum atomic E-state index is 5.15. The van der Waals surface area contributed by atoms with Crippen molar-refractivity contribution in [2.45, 2.75) is 40.2 Å². The van der Waals surface area contributed by atoms with Gasteiger partial charge in [-0.3, -0.25) is 0 Å². The number of hydrogen-bond acceptors (Lipinski definition) is 12. The lowest BCUT2D eigenvalue weighted by Crippen LogP contribution is -2.34. The van der Waals surface area contributed by atoms with Crippen LogP contribution in [0.15, 0.2) is 115 Å². The number of hydrogen-bond donors (Lipinski definition) is 8. The summed E-state index contributed by atoms with van der Waals surface area (Å²) in [6.07, 6.45) is 1.03. The molecule has 0 saturated heterocycles. The molecular formula is C41H46N12O4S4. The molecule has 0 spiro atoms. The first kappa shape index (κ1) is 45.6. The zero-order chi connectivity index (χ0) is 43.6. The lowest BCUT2D eigenvalue weighted by molar-refractivity contribution is 0.460. The molecule has 20 heteroatoms. The number of fused-ring (bicyclic) bond motifs is 4. The fraction of sp³-hybridized carbons (Fsp3) is 0.220. The molecule has 4 aromatic heterocycles. The molecule has 0 fully saturated rings. The zero-order valence-corrected chi connectivity index (χ0v) is 37.3. The van der Waals surface area contributed by atoms with Crippen molar-refractivity contribution in [1.82, 2.24) is 41.9 Å². The minimum absolute atomic E-state index is 0.290. The molecule has 0 aliphatic carbocycles. The maximum Gasteiger partial charge on any atom is 0.183 e. The average Bonchev–Trinajstić information content (AvgIpc) is 4.07. The third kappa shape index (κ3) is 13.5. The van der Waals surface area contributed by atoms with E-state index in [0.29, 0.717) is 43.7 Å². The van der Waals surface area contributed by atoms with Crippen molar-refractivity contribution in [3.05, 3.63) is 97.1 Å². The first-order valence-corrected chi connectivity index (χ1v) is 20.8. The summed E-state index contributed by atoms with van der Waals surface area (Å²) in [5, 5.41) is 45.4.